The Morgan fingerprint density at radius 2 is 1.74 bits per heavy atom. The van der Waals surface area contributed by atoms with E-state index in [1.54, 1.807) is 17.0 Å². The van der Waals surface area contributed by atoms with E-state index in [9.17, 15) is 18.0 Å². The van der Waals surface area contributed by atoms with E-state index in [1.807, 2.05) is 31.4 Å². The van der Waals surface area contributed by atoms with E-state index >= 15 is 0 Å². The van der Waals surface area contributed by atoms with Crippen LogP contribution in [0.2, 0.25) is 0 Å². The first kappa shape index (κ1) is 24.1. The van der Waals surface area contributed by atoms with Crippen LogP contribution >= 0.6 is 11.3 Å². The zero-order valence-corrected chi connectivity index (χ0v) is 20.9. The molecule has 1 aliphatic heterocycles. The molecule has 0 aliphatic carbocycles. The third-order valence-corrected chi connectivity index (χ3v) is 8.60. The van der Waals surface area contributed by atoms with Crippen molar-refractivity contribution in [2.75, 3.05) is 31.5 Å². The second kappa shape index (κ2) is 9.65. The van der Waals surface area contributed by atoms with Gasteiger partial charge in [-0.3, -0.25) is 14.9 Å². The lowest BCUT2D eigenvalue weighted by atomic mass is 10.1. The molecule has 1 aliphatic rings. The largest absolute Gasteiger partial charge is 0.340 e. The highest BCUT2D eigenvalue weighted by Gasteiger charge is 2.29. The van der Waals surface area contributed by atoms with Crippen molar-refractivity contribution in [3.8, 4) is 11.3 Å². The number of aryl methyl sites for hydroxylation is 2. The topological polar surface area (TPSA) is 99.7 Å². The molecule has 8 nitrogen and oxygen atoms in total. The molecule has 0 unspecified atom stereocenters. The first-order chi connectivity index (χ1) is 16.1. The van der Waals surface area contributed by atoms with Gasteiger partial charge in [-0.1, -0.05) is 18.2 Å². The van der Waals surface area contributed by atoms with Crippen LogP contribution in [0.5, 0.6) is 0 Å². The van der Waals surface area contributed by atoms with E-state index in [1.165, 1.54) is 40.3 Å². The Labute approximate surface area is 203 Å². The van der Waals surface area contributed by atoms with E-state index in [0.717, 1.165) is 16.8 Å². The van der Waals surface area contributed by atoms with Crippen LogP contribution in [-0.4, -0.2) is 60.6 Å². The minimum atomic E-state index is -3.78. The average molecular weight is 499 g/mol. The molecule has 0 saturated carbocycles. The molecular formula is C24H26N4O4S2. The summed E-state index contributed by atoms with van der Waals surface area (Å²) in [5.74, 6) is -0.502. The number of thiazole rings is 1. The van der Waals surface area contributed by atoms with Crippen molar-refractivity contribution in [2.45, 2.75) is 25.7 Å². The lowest BCUT2D eigenvalue weighted by Crippen LogP contribution is -2.49. The van der Waals surface area contributed by atoms with Gasteiger partial charge in [0.05, 0.1) is 10.6 Å². The van der Waals surface area contributed by atoms with Crippen LogP contribution < -0.4 is 5.32 Å². The molecule has 34 heavy (non-hydrogen) atoms. The molecule has 1 aromatic heterocycles. The standard InChI is InChI=1S/C24H26N4O4S2/c1-16-7-8-19(13-17(16)2)22-15-33-24(25-22)26-23(30)20-5-4-6-21(14-20)34(31,32)28-11-9-27(10-12-28)18(3)29/h4-8,13-15H,9-12H2,1-3H3,(H,25,26,30). The van der Waals surface area contributed by atoms with E-state index in [2.05, 4.69) is 16.4 Å². The number of benzene rings is 2. The summed E-state index contributed by atoms with van der Waals surface area (Å²) >= 11 is 1.31. The molecule has 4 rings (SSSR count). The molecule has 0 atom stereocenters. The summed E-state index contributed by atoms with van der Waals surface area (Å²) in [5.41, 5.74) is 4.33. The number of carbonyl (C=O) groups excluding carboxylic acids is 2. The van der Waals surface area contributed by atoms with Gasteiger partial charge in [-0.25, -0.2) is 13.4 Å². The highest BCUT2D eigenvalue weighted by molar-refractivity contribution is 7.89. The molecular weight excluding hydrogens is 472 g/mol. The first-order valence-electron chi connectivity index (χ1n) is 10.9. The summed E-state index contributed by atoms with van der Waals surface area (Å²) < 4.78 is 27.5. The second-order valence-corrected chi connectivity index (χ2v) is 11.0. The number of piperazine rings is 1. The molecule has 0 radical (unpaired) electrons. The Bertz CT molecular complexity index is 1340. The predicted octanol–water partition coefficient (Wildman–Crippen LogP) is 3.53. The van der Waals surface area contributed by atoms with Gasteiger partial charge in [0.2, 0.25) is 15.9 Å². The van der Waals surface area contributed by atoms with Crippen molar-refractivity contribution < 1.29 is 18.0 Å². The van der Waals surface area contributed by atoms with Crippen LogP contribution in [0.3, 0.4) is 0 Å². The monoisotopic (exact) mass is 498 g/mol. The molecule has 1 N–H and O–H groups in total. The van der Waals surface area contributed by atoms with Crippen LogP contribution in [0.4, 0.5) is 5.13 Å². The molecule has 178 valence electrons. The lowest BCUT2D eigenvalue weighted by Gasteiger charge is -2.33. The zero-order valence-electron chi connectivity index (χ0n) is 19.2. The molecule has 1 fully saturated rings. The second-order valence-electron chi connectivity index (χ2n) is 8.23. The quantitative estimate of drug-likeness (QED) is 0.580. The molecule has 0 bridgehead atoms. The zero-order chi connectivity index (χ0) is 24.5. The van der Waals surface area contributed by atoms with E-state index in [-0.39, 0.29) is 29.5 Å². The van der Waals surface area contributed by atoms with Gasteiger partial charge in [0.15, 0.2) is 5.13 Å². The Morgan fingerprint density at radius 1 is 1.00 bits per heavy atom. The fourth-order valence-corrected chi connectivity index (χ4v) is 5.91. The molecule has 2 aromatic carbocycles. The summed E-state index contributed by atoms with van der Waals surface area (Å²) in [7, 11) is -3.78. The third-order valence-electron chi connectivity index (χ3n) is 5.95. The number of amides is 2. The van der Waals surface area contributed by atoms with E-state index in [4.69, 9.17) is 0 Å². The smallest absolute Gasteiger partial charge is 0.257 e. The van der Waals surface area contributed by atoms with Gasteiger partial charge in [0.1, 0.15) is 0 Å². The van der Waals surface area contributed by atoms with Gasteiger partial charge >= 0.3 is 0 Å². The average Bonchev–Trinajstić information content (AvgIpc) is 3.29. The fraction of sp³-hybridized carbons (Fsp3) is 0.292. The maximum Gasteiger partial charge on any atom is 0.257 e. The summed E-state index contributed by atoms with van der Waals surface area (Å²) in [6.45, 7) is 6.70. The summed E-state index contributed by atoms with van der Waals surface area (Å²) in [6, 6.07) is 12.1. The SMILES string of the molecule is CC(=O)N1CCN(S(=O)(=O)c2cccc(C(=O)Nc3nc(-c4ccc(C)c(C)c4)cs3)c2)CC1. The van der Waals surface area contributed by atoms with Crippen molar-refractivity contribution in [3.05, 3.63) is 64.5 Å². The molecule has 3 aromatic rings. The summed E-state index contributed by atoms with van der Waals surface area (Å²) in [5, 5.41) is 5.08. The number of nitrogens with zero attached hydrogens (tertiary/aromatic N) is 3. The molecule has 0 spiro atoms. The minimum Gasteiger partial charge on any atom is -0.340 e. The fourth-order valence-electron chi connectivity index (χ4n) is 3.72. The van der Waals surface area contributed by atoms with Crippen molar-refractivity contribution in [1.29, 1.82) is 0 Å². The molecule has 2 amide bonds. The van der Waals surface area contributed by atoms with E-state index in [0.29, 0.717) is 18.2 Å². The number of aromatic nitrogens is 1. The Morgan fingerprint density at radius 3 is 2.41 bits per heavy atom. The van der Waals surface area contributed by atoms with Crippen LogP contribution in [-0.2, 0) is 14.8 Å². The number of sulfonamides is 1. The number of anilines is 1. The number of carbonyl (C=O) groups is 2. The summed E-state index contributed by atoms with van der Waals surface area (Å²) in [4.78, 5) is 30.5. The van der Waals surface area contributed by atoms with Crippen LogP contribution in [0, 0.1) is 13.8 Å². The van der Waals surface area contributed by atoms with Gasteiger partial charge in [-0.05, 0) is 49.2 Å². The highest BCUT2D eigenvalue weighted by atomic mass is 32.2. The molecule has 2 heterocycles. The van der Waals surface area contributed by atoms with Crippen LogP contribution in [0.25, 0.3) is 11.3 Å². The normalized spacial score (nSPS) is 14.7. The van der Waals surface area contributed by atoms with Crippen molar-refractivity contribution >= 4 is 38.3 Å². The Hall–Kier alpha value is -3.08. The number of hydrogen-bond donors (Lipinski definition) is 1. The maximum atomic E-state index is 13.1. The minimum absolute atomic E-state index is 0.0476. The van der Waals surface area contributed by atoms with Gasteiger partial charge in [-0.15, -0.1) is 11.3 Å². The number of rotatable bonds is 5. The number of hydrogen-bond acceptors (Lipinski definition) is 6. The Balaban J connectivity index is 1.48. The van der Waals surface area contributed by atoms with Gasteiger partial charge < -0.3 is 4.90 Å². The van der Waals surface area contributed by atoms with Gasteiger partial charge in [-0.2, -0.15) is 4.31 Å². The van der Waals surface area contributed by atoms with Crippen molar-refractivity contribution in [2.24, 2.45) is 0 Å². The first-order valence-corrected chi connectivity index (χ1v) is 13.2. The molecule has 1 saturated heterocycles. The maximum absolute atomic E-state index is 13.1. The van der Waals surface area contributed by atoms with Crippen LogP contribution in [0.1, 0.15) is 28.4 Å². The lowest BCUT2D eigenvalue weighted by molar-refractivity contribution is -0.129. The highest BCUT2D eigenvalue weighted by Crippen LogP contribution is 2.27. The van der Waals surface area contributed by atoms with Gasteiger partial charge in [0.25, 0.3) is 5.91 Å². The third kappa shape index (κ3) is 5.03. The van der Waals surface area contributed by atoms with E-state index < -0.39 is 15.9 Å². The van der Waals surface area contributed by atoms with Crippen LogP contribution in [0.15, 0.2) is 52.7 Å². The molecule has 10 heteroatoms. The Kier molecular flexibility index (Phi) is 6.83. The number of nitrogens with one attached hydrogen (secondary N) is 1. The summed E-state index contributed by atoms with van der Waals surface area (Å²) in [6.07, 6.45) is 0. The van der Waals surface area contributed by atoms with Crippen molar-refractivity contribution in [3.63, 3.8) is 0 Å². The van der Waals surface area contributed by atoms with Gasteiger partial charge in [0, 0.05) is 49.6 Å². The van der Waals surface area contributed by atoms with Crippen molar-refractivity contribution in [1.82, 2.24) is 14.2 Å². The predicted molar refractivity (Wildman–Crippen MR) is 132 cm³/mol.